The molecule has 1 aliphatic rings. The van der Waals surface area contributed by atoms with Crippen molar-refractivity contribution in [2.75, 3.05) is 36.0 Å². The zero-order valence-corrected chi connectivity index (χ0v) is 11.2. The van der Waals surface area contributed by atoms with Gasteiger partial charge in [0.15, 0.2) is 0 Å². The van der Waals surface area contributed by atoms with E-state index in [2.05, 4.69) is 36.0 Å². The molecule has 0 saturated carbocycles. The van der Waals surface area contributed by atoms with Crippen molar-refractivity contribution in [2.45, 2.75) is 13.3 Å². The van der Waals surface area contributed by atoms with Crippen molar-refractivity contribution in [1.29, 1.82) is 0 Å². The highest BCUT2D eigenvalue weighted by atomic mass is 32.1. The van der Waals surface area contributed by atoms with E-state index in [0.717, 1.165) is 49.5 Å². The van der Waals surface area contributed by atoms with Crippen LogP contribution in [0, 0.1) is 0 Å². The van der Waals surface area contributed by atoms with E-state index in [-0.39, 0.29) is 0 Å². The Morgan fingerprint density at radius 3 is 2.67 bits per heavy atom. The monoisotopic (exact) mass is 264 g/mol. The van der Waals surface area contributed by atoms with Crippen molar-refractivity contribution >= 4 is 22.6 Å². The number of hydrogen-bond donors (Lipinski definition) is 1. The number of nitrogens with zero attached hydrogens (tertiary/aromatic N) is 5. The Morgan fingerprint density at radius 1 is 1.28 bits per heavy atom. The highest BCUT2D eigenvalue weighted by Crippen LogP contribution is 2.20. The van der Waals surface area contributed by atoms with Gasteiger partial charge in [-0.25, -0.2) is 9.97 Å². The Hall–Kier alpha value is -1.63. The number of H-pyrrole nitrogens is 1. The summed E-state index contributed by atoms with van der Waals surface area (Å²) < 4.78 is 4.34. The van der Waals surface area contributed by atoms with Crippen LogP contribution in [0.3, 0.4) is 0 Å². The maximum absolute atomic E-state index is 4.53. The number of nitrogens with one attached hydrogen (secondary N) is 1. The van der Waals surface area contributed by atoms with Gasteiger partial charge in [0.25, 0.3) is 0 Å². The van der Waals surface area contributed by atoms with Crippen LogP contribution in [0.1, 0.15) is 12.7 Å². The topological polar surface area (TPSA) is 60.9 Å². The summed E-state index contributed by atoms with van der Waals surface area (Å²) in [6, 6.07) is 0. The van der Waals surface area contributed by atoms with Gasteiger partial charge in [-0.3, -0.25) is 0 Å². The van der Waals surface area contributed by atoms with Crippen molar-refractivity contribution < 1.29 is 0 Å². The molecule has 1 fully saturated rings. The first-order valence-corrected chi connectivity index (χ1v) is 6.96. The average Bonchev–Trinajstić information content (AvgIpc) is 3.10. The van der Waals surface area contributed by atoms with Gasteiger partial charge in [0.1, 0.15) is 5.82 Å². The van der Waals surface area contributed by atoms with Gasteiger partial charge in [-0.1, -0.05) is 6.92 Å². The fraction of sp³-hybridized carbons (Fsp3) is 0.545. The van der Waals surface area contributed by atoms with E-state index < -0.39 is 0 Å². The first-order chi connectivity index (χ1) is 8.86. The van der Waals surface area contributed by atoms with E-state index in [1.165, 1.54) is 11.5 Å². The Labute approximate surface area is 110 Å². The van der Waals surface area contributed by atoms with Crippen LogP contribution in [0.2, 0.25) is 0 Å². The van der Waals surface area contributed by atoms with E-state index in [4.69, 9.17) is 0 Å². The minimum atomic E-state index is 0.906. The number of rotatable bonds is 3. The minimum Gasteiger partial charge on any atom is -0.343 e. The molecular formula is C11H16N6S. The summed E-state index contributed by atoms with van der Waals surface area (Å²) in [6.45, 7) is 5.96. The molecule has 18 heavy (non-hydrogen) atoms. The third-order valence-corrected chi connectivity index (χ3v) is 3.92. The van der Waals surface area contributed by atoms with Crippen LogP contribution in [-0.2, 0) is 6.42 Å². The quantitative estimate of drug-likeness (QED) is 0.901. The minimum absolute atomic E-state index is 0.906. The third-order valence-electron chi connectivity index (χ3n) is 3.11. The molecule has 0 atom stereocenters. The SMILES string of the molecule is CCc1nsc(N2CCN(c3ncc[nH]3)CC2)n1. The van der Waals surface area contributed by atoms with E-state index in [1.807, 2.05) is 6.20 Å². The van der Waals surface area contributed by atoms with E-state index in [1.54, 1.807) is 6.20 Å². The van der Waals surface area contributed by atoms with Crippen LogP contribution >= 0.6 is 11.5 Å². The van der Waals surface area contributed by atoms with Crippen molar-refractivity contribution in [1.82, 2.24) is 19.3 Å². The smallest absolute Gasteiger partial charge is 0.205 e. The molecule has 2 aromatic rings. The molecule has 0 amide bonds. The van der Waals surface area contributed by atoms with Crippen molar-refractivity contribution in [2.24, 2.45) is 0 Å². The van der Waals surface area contributed by atoms with Crippen molar-refractivity contribution in [3.8, 4) is 0 Å². The van der Waals surface area contributed by atoms with Gasteiger partial charge in [0, 0.05) is 56.5 Å². The maximum Gasteiger partial charge on any atom is 0.205 e. The summed E-state index contributed by atoms with van der Waals surface area (Å²) in [6.07, 6.45) is 4.56. The predicted octanol–water partition coefficient (Wildman–Crippen LogP) is 1.15. The largest absolute Gasteiger partial charge is 0.343 e. The number of aromatic amines is 1. The first kappa shape index (κ1) is 11.5. The molecule has 3 rings (SSSR count). The fourth-order valence-corrected chi connectivity index (χ4v) is 2.86. The molecule has 0 radical (unpaired) electrons. The van der Waals surface area contributed by atoms with Crippen LogP contribution in [-0.4, -0.2) is 45.5 Å². The van der Waals surface area contributed by atoms with Crippen LogP contribution in [0.4, 0.5) is 11.1 Å². The van der Waals surface area contributed by atoms with Gasteiger partial charge in [-0.2, -0.15) is 4.37 Å². The standard InChI is InChI=1S/C11H16N6S/c1-2-9-14-11(18-15-9)17-7-5-16(6-8-17)10-12-3-4-13-10/h3-4H,2,5-8H2,1H3,(H,12,13). The summed E-state index contributed by atoms with van der Waals surface area (Å²) in [4.78, 5) is 16.5. The molecular weight excluding hydrogens is 248 g/mol. The second-order valence-corrected chi connectivity index (χ2v) is 4.96. The molecule has 1 saturated heterocycles. The number of imidazole rings is 1. The zero-order chi connectivity index (χ0) is 12.4. The molecule has 1 N–H and O–H groups in total. The Morgan fingerprint density at radius 2 is 2.06 bits per heavy atom. The Balaban J connectivity index is 1.63. The van der Waals surface area contributed by atoms with Gasteiger partial charge in [0.2, 0.25) is 11.1 Å². The molecule has 0 bridgehead atoms. The van der Waals surface area contributed by atoms with Gasteiger partial charge in [0.05, 0.1) is 0 Å². The number of anilines is 2. The van der Waals surface area contributed by atoms with E-state index >= 15 is 0 Å². The lowest BCUT2D eigenvalue weighted by Crippen LogP contribution is -2.46. The van der Waals surface area contributed by atoms with E-state index in [9.17, 15) is 0 Å². The van der Waals surface area contributed by atoms with Crippen LogP contribution in [0.15, 0.2) is 12.4 Å². The van der Waals surface area contributed by atoms with E-state index in [0.29, 0.717) is 0 Å². The molecule has 7 heteroatoms. The highest BCUT2D eigenvalue weighted by molar-refractivity contribution is 7.09. The molecule has 0 unspecified atom stereocenters. The van der Waals surface area contributed by atoms with Gasteiger partial charge in [-0.05, 0) is 0 Å². The van der Waals surface area contributed by atoms with Gasteiger partial charge >= 0.3 is 0 Å². The molecule has 96 valence electrons. The van der Waals surface area contributed by atoms with Crippen LogP contribution < -0.4 is 9.80 Å². The number of aryl methyl sites for hydroxylation is 1. The molecule has 2 aromatic heterocycles. The van der Waals surface area contributed by atoms with Gasteiger partial charge in [-0.15, -0.1) is 0 Å². The zero-order valence-electron chi connectivity index (χ0n) is 10.3. The van der Waals surface area contributed by atoms with Crippen molar-refractivity contribution in [3.63, 3.8) is 0 Å². The first-order valence-electron chi connectivity index (χ1n) is 6.18. The summed E-state index contributed by atoms with van der Waals surface area (Å²) in [5.74, 6) is 1.91. The third kappa shape index (κ3) is 2.17. The normalized spacial score (nSPS) is 16.3. The number of piperazine rings is 1. The Kier molecular flexibility index (Phi) is 3.14. The Bertz CT molecular complexity index is 485. The molecule has 0 aromatic carbocycles. The highest BCUT2D eigenvalue weighted by Gasteiger charge is 2.20. The van der Waals surface area contributed by atoms with Crippen molar-refractivity contribution in [3.05, 3.63) is 18.2 Å². The predicted molar refractivity (Wildman–Crippen MR) is 72.3 cm³/mol. The maximum atomic E-state index is 4.53. The summed E-state index contributed by atoms with van der Waals surface area (Å²) in [5, 5.41) is 1.05. The average molecular weight is 264 g/mol. The van der Waals surface area contributed by atoms with Crippen LogP contribution in [0.25, 0.3) is 0 Å². The molecule has 0 spiro atoms. The lowest BCUT2D eigenvalue weighted by molar-refractivity contribution is 0.640. The molecule has 3 heterocycles. The lowest BCUT2D eigenvalue weighted by atomic mass is 10.3. The van der Waals surface area contributed by atoms with Gasteiger partial charge < -0.3 is 14.8 Å². The number of hydrogen-bond acceptors (Lipinski definition) is 6. The second-order valence-electron chi connectivity index (χ2n) is 4.23. The fourth-order valence-electron chi connectivity index (χ4n) is 2.06. The molecule has 1 aliphatic heterocycles. The summed E-state index contributed by atoms with van der Waals surface area (Å²) >= 11 is 1.50. The number of aromatic nitrogens is 4. The molecule has 6 nitrogen and oxygen atoms in total. The summed E-state index contributed by atoms with van der Waals surface area (Å²) in [7, 11) is 0. The summed E-state index contributed by atoms with van der Waals surface area (Å²) in [5.41, 5.74) is 0. The second kappa shape index (κ2) is 4.93. The lowest BCUT2D eigenvalue weighted by Gasteiger charge is -2.34. The van der Waals surface area contributed by atoms with Crippen LogP contribution in [0.5, 0.6) is 0 Å². The molecule has 0 aliphatic carbocycles.